The molecule has 1 unspecified atom stereocenters. The van der Waals surface area contributed by atoms with Crippen LogP contribution in [0.1, 0.15) is 43.4 Å². The number of esters is 1. The largest absolute Gasteiger partial charge is 0.496 e. The number of likely N-dealkylation sites (tertiary alicyclic amines) is 1. The maximum atomic E-state index is 12.1. The number of methoxy groups -OCH3 is 1. The molecule has 9 heteroatoms. The first-order valence-electron chi connectivity index (χ1n) is 11.2. The van der Waals surface area contributed by atoms with Gasteiger partial charge in [0.1, 0.15) is 5.75 Å². The van der Waals surface area contributed by atoms with Crippen molar-refractivity contribution in [2.75, 3.05) is 26.0 Å². The lowest BCUT2D eigenvalue weighted by molar-refractivity contribution is -0.144. The van der Waals surface area contributed by atoms with Gasteiger partial charge in [0.05, 0.1) is 20.1 Å². The Morgan fingerprint density at radius 3 is 2.50 bits per heavy atom. The Balaban J connectivity index is 1.62. The number of amides is 2. The second-order valence-electron chi connectivity index (χ2n) is 7.77. The molecule has 1 aliphatic rings. The van der Waals surface area contributed by atoms with Gasteiger partial charge in [0.15, 0.2) is 0 Å². The third-order valence-corrected chi connectivity index (χ3v) is 6.74. The number of nitrogens with zero attached hydrogens (tertiary/aromatic N) is 1. The van der Waals surface area contributed by atoms with Gasteiger partial charge in [0, 0.05) is 47.6 Å². The van der Waals surface area contributed by atoms with Gasteiger partial charge in [-0.25, -0.2) is 0 Å². The summed E-state index contributed by atoms with van der Waals surface area (Å²) in [5.41, 5.74) is 1.94. The Kier molecular flexibility index (Phi) is 9.80. The van der Waals surface area contributed by atoms with E-state index in [0.29, 0.717) is 43.3 Å². The minimum atomic E-state index is -0.269. The molecule has 1 fully saturated rings. The molecular weight excluding hydrogens is 476 g/mol. The van der Waals surface area contributed by atoms with Gasteiger partial charge in [-0.3, -0.25) is 19.3 Å². The Labute approximate surface area is 209 Å². The second-order valence-corrected chi connectivity index (χ2v) is 9.34. The Morgan fingerprint density at radius 2 is 1.85 bits per heavy atom. The summed E-state index contributed by atoms with van der Waals surface area (Å²) in [6.45, 7) is 3.04. The summed E-state index contributed by atoms with van der Waals surface area (Å²) in [6.07, 6.45) is 0.817. The molecule has 182 valence electrons. The van der Waals surface area contributed by atoms with Crippen LogP contribution in [0.5, 0.6) is 5.75 Å². The number of imide groups is 1. The molecule has 0 radical (unpaired) electrons. The first-order valence-corrected chi connectivity index (χ1v) is 12.5. The monoisotopic (exact) mass is 504 g/mol. The number of carbonyl (C=O) groups is 3. The molecule has 1 atom stereocenters. The lowest BCUT2D eigenvalue weighted by Gasteiger charge is -2.19. The lowest BCUT2D eigenvalue weighted by atomic mass is 10.0. The molecule has 7 nitrogen and oxygen atoms in total. The van der Waals surface area contributed by atoms with E-state index in [2.05, 4.69) is 5.32 Å². The zero-order valence-corrected chi connectivity index (χ0v) is 20.9. The Morgan fingerprint density at radius 1 is 1.15 bits per heavy atom. The van der Waals surface area contributed by atoms with Crippen LogP contribution in [0.15, 0.2) is 47.4 Å². The van der Waals surface area contributed by atoms with Crippen molar-refractivity contribution in [1.29, 1.82) is 0 Å². The number of benzene rings is 2. The summed E-state index contributed by atoms with van der Waals surface area (Å²) in [6, 6.07) is 13.1. The number of carbonyl (C=O) groups excluding carboxylic acids is 3. The molecule has 2 aromatic carbocycles. The van der Waals surface area contributed by atoms with E-state index in [9.17, 15) is 14.4 Å². The van der Waals surface area contributed by atoms with Crippen LogP contribution in [0, 0.1) is 0 Å². The van der Waals surface area contributed by atoms with Crippen LogP contribution in [0.3, 0.4) is 0 Å². The van der Waals surface area contributed by atoms with Crippen molar-refractivity contribution >= 4 is 41.1 Å². The third-order valence-electron chi connectivity index (χ3n) is 5.46. The fraction of sp³-hybridized carbons (Fsp3) is 0.400. The van der Waals surface area contributed by atoms with Gasteiger partial charge in [-0.15, -0.1) is 11.8 Å². The number of rotatable bonds is 12. The third kappa shape index (κ3) is 7.22. The SMILES string of the molecule is CCOC(=O)CC(NCc1ccc(SCCN2C(=O)CCC2=O)c(OC)c1)c1ccc(Cl)cc1. The molecule has 0 aromatic heterocycles. The average Bonchev–Trinajstić information content (AvgIpc) is 3.15. The standard InChI is InChI=1S/C25H29ClN2O5S/c1-3-33-25(31)15-20(18-5-7-19(26)8-6-18)27-16-17-4-9-22(21(14-17)32-2)34-13-12-28-23(29)10-11-24(28)30/h4-9,14,20,27H,3,10-13,15-16H2,1-2H3. The van der Waals surface area contributed by atoms with Crippen LogP contribution in [-0.2, 0) is 25.7 Å². The molecular formula is C25H29ClN2O5S. The van der Waals surface area contributed by atoms with Crippen molar-refractivity contribution in [3.8, 4) is 5.75 Å². The van der Waals surface area contributed by atoms with E-state index in [1.165, 1.54) is 4.90 Å². The van der Waals surface area contributed by atoms with E-state index in [1.54, 1.807) is 37.9 Å². The van der Waals surface area contributed by atoms with Gasteiger partial charge >= 0.3 is 5.97 Å². The van der Waals surface area contributed by atoms with Crippen LogP contribution >= 0.6 is 23.4 Å². The smallest absolute Gasteiger partial charge is 0.307 e. The highest BCUT2D eigenvalue weighted by Crippen LogP contribution is 2.31. The molecule has 0 saturated carbocycles. The van der Waals surface area contributed by atoms with E-state index in [-0.39, 0.29) is 30.2 Å². The molecule has 1 aliphatic heterocycles. The van der Waals surface area contributed by atoms with Crippen LogP contribution in [0.25, 0.3) is 0 Å². The maximum Gasteiger partial charge on any atom is 0.307 e. The molecule has 2 aromatic rings. The van der Waals surface area contributed by atoms with Gasteiger partial charge in [0.2, 0.25) is 11.8 Å². The van der Waals surface area contributed by atoms with E-state index in [0.717, 1.165) is 21.8 Å². The zero-order valence-electron chi connectivity index (χ0n) is 19.3. The minimum absolute atomic E-state index is 0.1000. The first-order chi connectivity index (χ1) is 16.4. The number of hydrogen-bond donors (Lipinski definition) is 1. The van der Waals surface area contributed by atoms with Gasteiger partial charge in [-0.05, 0) is 42.3 Å². The van der Waals surface area contributed by atoms with Crippen molar-refractivity contribution in [2.45, 2.75) is 43.7 Å². The number of halogens is 1. The van der Waals surface area contributed by atoms with Crippen molar-refractivity contribution in [3.63, 3.8) is 0 Å². The molecule has 34 heavy (non-hydrogen) atoms. The normalized spacial score (nSPS) is 14.4. The predicted octanol–water partition coefficient (Wildman–Crippen LogP) is 4.37. The predicted molar refractivity (Wildman–Crippen MR) is 132 cm³/mol. The summed E-state index contributed by atoms with van der Waals surface area (Å²) in [4.78, 5) is 37.9. The van der Waals surface area contributed by atoms with E-state index in [1.807, 2.05) is 30.3 Å². The molecule has 0 bridgehead atoms. The molecule has 3 rings (SSSR count). The highest BCUT2D eigenvalue weighted by Gasteiger charge is 2.28. The summed E-state index contributed by atoms with van der Waals surface area (Å²) in [7, 11) is 1.61. The van der Waals surface area contributed by atoms with Crippen molar-refractivity contribution in [1.82, 2.24) is 10.2 Å². The zero-order chi connectivity index (χ0) is 24.5. The van der Waals surface area contributed by atoms with Gasteiger partial charge in [0.25, 0.3) is 0 Å². The fourth-order valence-corrected chi connectivity index (χ4v) is 4.76. The average molecular weight is 505 g/mol. The number of thioether (sulfide) groups is 1. The first kappa shape index (κ1) is 26.1. The van der Waals surface area contributed by atoms with Crippen LogP contribution in [0.4, 0.5) is 0 Å². The van der Waals surface area contributed by atoms with E-state index < -0.39 is 0 Å². The van der Waals surface area contributed by atoms with Crippen molar-refractivity contribution in [3.05, 3.63) is 58.6 Å². The van der Waals surface area contributed by atoms with E-state index >= 15 is 0 Å². The highest BCUT2D eigenvalue weighted by atomic mass is 35.5. The van der Waals surface area contributed by atoms with Gasteiger partial charge in [-0.2, -0.15) is 0 Å². The quantitative estimate of drug-likeness (QED) is 0.261. The van der Waals surface area contributed by atoms with Gasteiger partial charge < -0.3 is 14.8 Å². The minimum Gasteiger partial charge on any atom is -0.496 e. The summed E-state index contributed by atoms with van der Waals surface area (Å²) in [5, 5.41) is 4.07. The second kappa shape index (κ2) is 12.8. The lowest BCUT2D eigenvalue weighted by Crippen LogP contribution is -2.31. The van der Waals surface area contributed by atoms with Crippen LogP contribution in [-0.4, -0.2) is 48.7 Å². The van der Waals surface area contributed by atoms with Crippen molar-refractivity contribution in [2.24, 2.45) is 0 Å². The molecule has 1 heterocycles. The fourth-order valence-electron chi connectivity index (χ4n) is 3.69. The van der Waals surface area contributed by atoms with Crippen LogP contribution in [0.2, 0.25) is 5.02 Å². The molecule has 1 saturated heterocycles. The summed E-state index contributed by atoms with van der Waals surface area (Å²) >= 11 is 7.56. The summed E-state index contributed by atoms with van der Waals surface area (Å²) in [5.74, 6) is 0.851. The number of hydrogen-bond acceptors (Lipinski definition) is 7. The summed E-state index contributed by atoms with van der Waals surface area (Å²) < 4.78 is 10.7. The number of ether oxygens (including phenoxy) is 2. The van der Waals surface area contributed by atoms with Crippen LogP contribution < -0.4 is 10.1 Å². The van der Waals surface area contributed by atoms with Crippen molar-refractivity contribution < 1.29 is 23.9 Å². The van der Waals surface area contributed by atoms with Gasteiger partial charge in [-0.1, -0.05) is 29.8 Å². The molecule has 2 amide bonds. The molecule has 0 aliphatic carbocycles. The topological polar surface area (TPSA) is 84.9 Å². The Hall–Kier alpha value is -2.55. The highest BCUT2D eigenvalue weighted by molar-refractivity contribution is 7.99. The number of nitrogens with one attached hydrogen (secondary N) is 1. The maximum absolute atomic E-state index is 12.1. The van der Waals surface area contributed by atoms with E-state index in [4.69, 9.17) is 21.1 Å². The molecule has 0 spiro atoms. The Bertz CT molecular complexity index is 999. The molecule has 1 N–H and O–H groups in total.